The molecule has 3 rings (SSSR count). The number of fused-ring (bicyclic) bond motifs is 1. The number of rotatable bonds is 4. The second-order valence-electron chi connectivity index (χ2n) is 5.68. The normalized spacial score (nSPS) is 10.9. The van der Waals surface area contributed by atoms with Gasteiger partial charge in [0.15, 0.2) is 0 Å². The zero-order chi connectivity index (χ0) is 17.3. The number of aryl methyl sites for hydroxylation is 3. The van der Waals surface area contributed by atoms with E-state index in [0.717, 1.165) is 11.0 Å². The lowest BCUT2D eigenvalue weighted by atomic mass is 10.1. The number of imidazole rings is 1. The molecule has 7 heteroatoms. The first-order chi connectivity index (χ1) is 11.5. The third-order valence-corrected chi connectivity index (χ3v) is 4.18. The zero-order valence-corrected chi connectivity index (χ0v) is 13.5. The number of benzene rings is 1. The molecule has 122 valence electrons. The number of para-hydroxylation sites is 2. The molecule has 1 aromatic carbocycles. The van der Waals surface area contributed by atoms with Gasteiger partial charge in [0, 0.05) is 13.1 Å². The van der Waals surface area contributed by atoms with Crippen molar-refractivity contribution in [1.29, 1.82) is 5.26 Å². The summed E-state index contributed by atoms with van der Waals surface area (Å²) in [5.41, 5.74) is 2.48. The Morgan fingerprint density at radius 1 is 1.21 bits per heavy atom. The van der Waals surface area contributed by atoms with E-state index in [4.69, 9.17) is 5.26 Å². The highest BCUT2D eigenvalue weighted by Gasteiger charge is 2.12. The van der Waals surface area contributed by atoms with Crippen LogP contribution in [0.4, 0.5) is 0 Å². The highest BCUT2D eigenvalue weighted by molar-refractivity contribution is 5.74. The van der Waals surface area contributed by atoms with Crippen molar-refractivity contribution in [1.82, 2.24) is 19.3 Å². The number of nitrogens with zero attached hydrogens (tertiary/aromatic N) is 4. The molecule has 24 heavy (non-hydrogen) atoms. The SMILES string of the molecule is Cc1nn(CCCn2c(=O)[nH]c3ccccc32)c(=O)c(C#N)c1C. The molecule has 0 atom stereocenters. The molecule has 2 aromatic heterocycles. The van der Waals surface area contributed by atoms with Gasteiger partial charge in [0.2, 0.25) is 0 Å². The van der Waals surface area contributed by atoms with Gasteiger partial charge in [-0.2, -0.15) is 10.4 Å². The fraction of sp³-hybridized carbons (Fsp3) is 0.294. The Hall–Kier alpha value is -3.14. The topological polar surface area (TPSA) is 96.5 Å². The largest absolute Gasteiger partial charge is 0.326 e. The maximum atomic E-state index is 12.2. The van der Waals surface area contributed by atoms with Crippen molar-refractivity contribution in [2.45, 2.75) is 33.4 Å². The fourth-order valence-electron chi connectivity index (χ4n) is 2.76. The first-order valence-corrected chi connectivity index (χ1v) is 7.69. The van der Waals surface area contributed by atoms with E-state index in [-0.39, 0.29) is 16.8 Å². The summed E-state index contributed by atoms with van der Waals surface area (Å²) in [6.07, 6.45) is 0.558. The van der Waals surface area contributed by atoms with Crippen LogP contribution in [-0.4, -0.2) is 19.3 Å². The summed E-state index contributed by atoms with van der Waals surface area (Å²) in [6, 6.07) is 9.42. The Kier molecular flexibility index (Phi) is 4.04. The van der Waals surface area contributed by atoms with E-state index in [0.29, 0.717) is 30.8 Å². The summed E-state index contributed by atoms with van der Waals surface area (Å²) in [5, 5.41) is 13.4. The van der Waals surface area contributed by atoms with Crippen LogP contribution in [0.25, 0.3) is 11.0 Å². The summed E-state index contributed by atoms with van der Waals surface area (Å²) >= 11 is 0. The van der Waals surface area contributed by atoms with Gasteiger partial charge in [-0.1, -0.05) is 12.1 Å². The van der Waals surface area contributed by atoms with Crippen LogP contribution < -0.4 is 11.2 Å². The van der Waals surface area contributed by atoms with Gasteiger partial charge in [-0.05, 0) is 38.0 Å². The molecule has 7 nitrogen and oxygen atoms in total. The molecule has 0 aliphatic heterocycles. The fourth-order valence-corrected chi connectivity index (χ4v) is 2.76. The predicted molar refractivity (Wildman–Crippen MR) is 89.9 cm³/mol. The summed E-state index contributed by atoms with van der Waals surface area (Å²) < 4.78 is 2.95. The van der Waals surface area contributed by atoms with E-state index in [1.165, 1.54) is 4.68 Å². The lowest BCUT2D eigenvalue weighted by Crippen LogP contribution is -2.28. The minimum absolute atomic E-state index is 0.131. The van der Waals surface area contributed by atoms with Crippen molar-refractivity contribution in [3.63, 3.8) is 0 Å². The van der Waals surface area contributed by atoms with Crippen LogP contribution in [0.1, 0.15) is 23.2 Å². The molecular formula is C17H17N5O2. The monoisotopic (exact) mass is 323 g/mol. The second kappa shape index (κ2) is 6.16. The highest BCUT2D eigenvalue weighted by atomic mass is 16.1. The molecule has 0 saturated heterocycles. The number of hydrogen-bond acceptors (Lipinski definition) is 4. The van der Waals surface area contributed by atoms with Gasteiger partial charge < -0.3 is 4.98 Å². The number of nitriles is 1. The van der Waals surface area contributed by atoms with Gasteiger partial charge in [-0.15, -0.1) is 0 Å². The molecule has 0 unspecified atom stereocenters. The van der Waals surface area contributed by atoms with Gasteiger partial charge >= 0.3 is 5.69 Å². The lowest BCUT2D eigenvalue weighted by molar-refractivity contribution is 0.501. The molecule has 1 N–H and O–H groups in total. The van der Waals surface area contributed by atoms with Crippen molar-refractivity contribution in [3.05, 3.63) is 61.9 Å². The predicted octanol–water partition coefficient (Wildman–Crippen LogP) is 1.47. The molecule has 3 aromatic rings. The Morgan fingerprint density at radius 3 is 2.71 bits per heavy atom. The van der Waals surface area contributed by atoms with Crippen LogP contribution in [0.2, 0.25) is 0 Å². The average Bonchev–Trinajstić information content (AvgIpc) is 2.88. The Balaban J connectivity index is 1.84. The molecule has 0 fully saturated rings. The molecular weight excluding hydrogens is 306 g/mol. The minimum atomic E-state index is -0.383. The summed E-state index contributed by atoms with van der Waals surface area (Å²) in [6.45, 7) is 4.31. The number of aromatic amines is 1. The van der Waals surface area contributed by atoms with E-state index in [2.05, 4.69) is 10.1 Å². The van der Waals surface area contributed by atoms with E-state index >= 15 is 0 Å². The zero-order valence-electron chi connectivity index (χ0n) is 13.5. The minimum Gasteiger partial charge on any atom is -0.306 e. The van der Waals surface area contributed by atoms with Crippen LogP contribution in [0.5, 0.6) is 0 Å². The first kappa shape index (κ1) is 15.7. The molecule has 0 aliphatic rings. The summed E-state index contributed by atoms with van der Waals surface area (Å²) in [4.78, 5) is 27.1. The van der Waals surface area contributed by atoms with Crippen LogP contribution in [-0.2, 0) is 13.1 Å². The Labute approximate surface area is 137 Å². The molecule has 0 amide bonds. The maximum Gasteiger partial charge on any atom is 0.326 e. The standard InChI is InChI=1S/C17H17N5O2/c1-11-12(2)20-22(16(23)13(11)10-18)9-5-8-21-15-7-4-3-6-14(15)19-17(21)24/h3-4,6-7H,5,8-9H2,1-2H3,(H,19,24). The molecule has 0 bridgehead atoms. The summed E-state index contributed by atoms with van der Waals surface area (Å²) in [5.74, 6) is 0. The van der Waals surface area contributed by atoms with Gasteiger partial charge in [0.25, 0.3) is 5.56 Å². The quantitative estimate of drug-likeness (QED) is 0.786. The average molecular weight is 323 g/mol. The Morgan fingerprint density at radius 2 is 1.96 bits per heavy atom. The van der Waals surface area contributed by atoms with Crippen LogP contribution in [0.3, 0.4) is 0 Å². The van der Waals surface area contributed by atoms with Crippen LogP contribution in [0.15, 0.2) is 33.9 Å². The highest BCUT2D eigenvalue weighted by Crippen LogP contribution is 2.10. The first-order valence-electron chi connectivity index (χ1n) is 7.69. The lowest BCUT2D eigenvalue weighted by Gasteiger charge is -2.09. The third kappa shape index (κ3) is 2.63. The van der Waals surface area contributed by atoms with Gasteiger partial charge in [-0.25, -0.2) is 9.48 Å². The van der Waals surface area contributed by atoms with Crippen molar-refractivity contribution in [3.8, 4) is 6.07 Å². The summed E-state index contributed by atoms with van der Waals surface area (Å²) in [7, 11) is 0. The second-order valence-corrected chi connectivity index (χ2v) is 5.68. The van der Waals surface area contributed by atoms with Crippen molar-refractivity contribution >= 4 is 11.0 Å². The molecule has 0 spiro atoms. The van der Waals surface area contributed by atoms with Gasteiger partial charge in [0.05, 0.1) is 16.7 Å². The molecule has 0 saturated carbocycles. The smallest absolute Gasteiger partial charge is 0.306 e. The van der Waals surface area contributed by atoms with Crippen molar-refractivity contribution in [2.75, 3.05) is 0 Å². The van der Waals surface area contributed by atoms with Gasteiger partial charge in [-0.3, -0.25) is 9.36 Å². The number of hydrogen-bond donors (Lipinski definition) is 1. The van der Waals surface area contributed by atoms with Crippen LogP contribution in [0, 0.1) is 25.2 Å². The van der Waals surface area contributed by atoms with Crippen molar-refractivity contribution < 1.29 is 0 Å². The van der Waals surface area contributed by atoms with E-state index in [1.54, 1.807) is 18.4 Å². The van der Waals surface area contributed by atoms with Crippen LogP contribution >= 0.6 is 0 Å². The van der Waals surface area contributed by atoms with E-state index in [9.17, 15) is 9.59 Å². The molecule has 0 radical (unpaired) electrons. The Bertz CT molecular complexity index is 1070. The third-order valence-electron chi connectivity index (χ3n) is 4.18. The number of H-pyrrole nitrogens is 1. The maximum absolute atomic E-state index is 12.2. The number of nitrogens with one attached hydrogen (secondary N) is 1. The number of aromatic nitrogens is 4. The van der Waals surface area contributed by atoms with Crippen molar-refractivity contribution in [2.24, 2.45) is 0 Å². The van der Waals surface area contributed by atoms with E-state index in [1.807, 2.05) is 30.3 Å². The molecule has 2 heterocycles. The molecule has 0 aliphatic carbocycles. The van der Waals surface area contributed by atoms with Gasteiger partial charge in [0.1, 0.15) is 11.6 Å². The van der Waals surface area contributed by atoms with E-state index < -0.39 is 0 Å².